The number of anilines is 1. The molecule has 26 heavy (non-hydrogen) atoms. The molecular weight excluding hydrogens is 348 g/mol. The molecule has 6 heteroatoms. The second kappa shape index (κ2) is 7.08. The molecule has 2 aromatic rings. The largest absolute Gasteiger partial charge is 0.369 e. The molecule has 1 aliphatic rings. The average molecular weight is 371 g/mol. The van der Waals surface area contributed by atoms with Crippen molar-refractivity contribution in [1.29, 1.82) is 0 Å². The third-order valence-corrected chi connectivity index (χ3v) is 5.39. The van der Waals surface area contributed by atoms with Crippen molar-refractivity contribution in [1.82, 2.24) is 10.4 Å². The van der Waals surface area contributed by atoms with Crippen molar-refractivity contribution < 1.29 is 4.79 Å². The fourth-order valence-corrected chi connectivity index (χ4v) is 3.64. The number of amides is 1. The second-order valence-electron chi connectivity index (χ2n) is 7.34. The van der Waals surface area contributed by atoms with Crippen molar-refractivity contribution >= 4 is 29.4 Å². The number of carbonyl (C=O) groups is 1. The van der Waals surface area contributed by atoms with Crippen LogP contribution in [0.3, 0.4) is 0 Å². The molecule has 5 nitrogen and oxygen atoms in total. The van der Waals surface area contributed by atoms with E-state index in [1.54, 1.807) is 30.7 Å². The number of hydrogen-bond acceptors (Lipinski definition) is 4. The first-order chi connectivity index (χ1) is 12.3. The van der Waals surface area contributed by atoms with E-state index in [1.807, 2.05) is 6.07 Å². The molecule has 3 rings (SSSR count). The van der Waals surface area contributed by atoms with E-state index in [9.17, 15) is 4.79 Å². The van der Waals surface area contributed by atoms with Gasteiger partial charge >= 0.3 is 0 Å². The summed E-state index contributed by atoms with van der Waals surface area (Å²) in [5.74, 6) is 0.139. The van der Waals surface area contributed by atoms with Crippen LogP contribution in [0.25, 0.3) is 0 Å². The zero-order valence-corrected chi connectivity index (χ0v) is 16.2. The molecule has 0 saturated carbocycles. The Balaban J connectivity index is 1.82. The maximum absolute atomic E-state index is 12.0. The molecule has 1 atom stereocenters. The third-order valence-electron chi connectivity index (χ3n) is 5.06. The Morgan fingerprint density at radius 1 is 1.38 bits per heavy atom. The molecule has 0 saturated heterocycles. The number of hydrogen-bond donors (Lipinski definition) is 1. The van der Waals surface area contributed by atoms with Crippen LogP contribution >= 0.6 is 11.6 Å². The topological polar surface area (TPSA) is 57.6 Å². The summed E-state index contributed by atoms with van der Waals surface area (Å²) in [5, 5.41) is 4.67. The number of benzene rings is 1. The van der Waals surface area contributed by atoms with Gasteiger partial charge in [-0.05, 0) is 56.0 Å². The number of aromatic nitrogens is 1. The molecule has 1 aromatic carbocycles. The fraction of sp³-hybridized carbons (Fsp3) is 0.350. The number of hydrazone groups is 1. The first kappa shape index (κ1) is 18.4. The SMILES string of the molecule is C[C@H]1CC(C)(C)N(C)c2cc(Cl)c(/C=N\NC(=O)c3ccncc3)cc21. The number of halogens is 1. The number of rotatable bonds is 3. The van der Waals surface area contributed by atoms with Gasteiger partial charge in [-0.25, -0.2) is 5.43 Å². The molecule has 136 valence electrons. The number of fused-ring (bicyclic) bond motifs is 1. The average Bonchev–Trinajstić information content (AvgIpc) is 2.61. The molecule has 0 spiro atoms. The van der Waals surface area contributed by atoms with Crippen LogP contribution in [0.15, 0.2) is 41.8 Å². The monoisotopic (exact) mass is 370 g/mol. The summed E-state index contributed by atoms with van der Waals surface area (Å²) in [6, 6.07) is 7.32. The minimum atomic E-state index is -0.285. The highest BCUT2D eigenvalue weighted by atomic mass is 35.5. The normalized spacial score (nSPS) is 18.7. The van der Waals surface area contributed by atoms with Gasteiger partial charge in [-0.15, -0.1) is 0 Å². The zero-order valence-electron chi connectivity index (χ0n) is 15.5. The molecule has 0 radical (unpaired) electrons. The van der Waals surface area contributed by atoms with Gasteiger partial charge in [-0.3, -0.25) is 9.78 Å². The lowest BCUT2D eigenvalue weighted by atomic mass is 9.80. The van der Waals surface area contributed by atoms with E-state index >= 15 is 0 Å². The van der Waals surface area contributed by atoms with E-state index in [0.29, 0.717) is 16.5 Å². The summed E-state index contributed by atoms with van der Waals surface area (Å²) in [4.78, 5) is 18.2. The van der Waals surface area contributed by atoms with E-state index in [4.69, 9.17) is 11.6 Å². The highest BCUT2D eigenvalue weighted by Gasteiger charge is 2.34. The first-order valence-electron chi connectivity index (χ1n) is 8.60. The van der Waals surface area contributed by atoms with Crippen LogP contribution in [-0.2, 0) is 0 Å². The van der Waals surface area contributed by atoms with Crippen LogP contribution in [0.5, 0.6) is 0 Å². The first-order valence-corrected chi connectivity index (χ1v) is 8.98. The van der Waals surface area contributed by atoms with Crippen molar-refractivity contribution in [2.75, 3.05) is 11.9 Å². The standard InChI is InChI=1S/C20H23ClN4O/c1-13-11-20(2,3)25(4)18-10-17(21)15(9-16(13)18)12-23-24-19(26)14-5-7-22-8-6-14/h5-10,12-13H,11H2,1-4H3,(H,24,26)/b23-12-/t13-/m0/s1. The third kappa shape index (κ3) is 3.58. The molecule has 1 aromatic heterocycles. The van der Waals surface area contributed by atoms with Gasteiger partial charge < -0.3 is 4.90 Å². The van der Waals surface area contributed by atoms with Crippen LogP contribution < -0.4 is 10.3 Å². The molecule has 0 unspecified atom stereocenters. The number of pyridine rings is 1. The van der Waals surface area contributed by atoms with E-state index in [2.05, 4.69) is 54.3 Å². The lowest BCUT2D eigenvalue weighted by Crippen LogP contribution is -2.45. The Labute approximate surface area is 159 Å². The van der Waals surface area contributed by atoms with Gasteiger partial charge in [0.05, 0.1) is 11.2 Å². The molecule has 1 aliphatic heterocycles. The zero-order chi connectivity index (χ0) is 18.9. The Morgan fingerprint density at radius 3 is 2.77 bits per heavy atom. The smallest absolute Gasteiger partial charge is 0.271 e. The quantitative estimate of drug-likeness (QED) is 0.650. The van der Waals surface area contributed by atoms with Gasteiger partial charge in [0, 0.05) is 41.8 Å². The van der Waals surface area contributed by atoms with Crippen LogP contribution in [0.1, 0.15) is 54.6 Å². The Morgan fingerprint density at radius 2 is 2.08 bits per heavy atom. The Kier molecular flexibility index (Phi) is 5.01. The number of nitrogens with one attached hydrogen (secondary N) is 1. The van der Waals surface area contributed by atoms with Gasteiger partial charge in [-0.1, -0.05) is 18.5 Å². The highest BCUT2D eigenvalue weighted by molar-refractivity contribution is 6.33. The van der Waals surface area contributed by atoms with Crippen LogP contribution in [0.2, 0.25) is 5.02 Å². The summed E-state index contributed by atoms with van der Waals surface area (Å²) < 4.78 is 0. The molecular formula is C20H23ClN4O. The molecule has 0 bridgehead atoms. The molecule has 0 fully saturated rings. The van der Waals surface area contributed by atoms with Crippen molar-refractivity contribution in [2.45, 2.75) is 38.6 Å². The molecule has 1 N–H and O–H groups in total. The summed E-state index contributed by atoms with van der Waals surface area (Å²) in [7, 11) is 2.10. The lowest BCUT2D eigenvalue weighted by molar-refractivity contribution is 0.0955. The van der Waals surface area contributed by atoms with Crippen LogP contribution in [0.4, 0.5) is 5.69 Å². The van der Waals surface area contributed by atoms with Crippen molar-refractivity contribution in [3.8, 4) is 0 Å². The van der Waals surface area contributed by atoms with Crippen LogP contribution in [0, 0.1) is 0 Å². The Hall–Kier alpha value is -2.40. The fourth-order valence-electron chi connectivity index (χ4n) is 3.43. The van der Waals surface area contributed by atoms with Crippen LogP contribution in [-0.4, -0.2) is 29.7 Å². The van der Waals surface area contributed by atoms with Crippen molar-refractivity contribution in [2.24, 2.45) is 5.10 Å². The summed E-state index contributed by atoms with van der Waals surface area (Å²) in [6.07, 6.45) is 5.79. The number of carbonyl (C=O) groups excluding carboxylic acids is 1. The van der Waals surface area contributed by atoms with Crippen molar-refractivity contribution in [3.63, 3.8) is 0 Å². The predicted molar refractivity (Wildman–Crippen MR) is 106 cm³/mol. The van der Waals surface area contributed by atoms with E-state index < -0.39 is 0 Å². The maximum atomic E-state index is 12.0. The van der Waals surface area contributed by atoms with Gasteiger partial charge in [0.2, 0.25) is 0 Å². The van der Waals surface area contributed by atoms with E-state index in [-0.39, 0.29) is 11.4 Å². The summed E-state index contributed by atoms with van der Waals surface area (Å²) in [5.41, 5.74) is 6.30. The van der Waals surface area contributed by atoms with Gasteiger partial charge in [0.15, 0.2) is 0 Å². The molecule has 1 amide bonds. The van der Waals surface area contributed by atoms with Gasteiger partial charge in [0.1, 0.15) is 0 Å². The predicted octanol–water partition coefficient (Wildman–Crippen LogP) is 4.22. The van der Waals surface area contributed by atoms with Gasteiger partial charge in [-0.2, -0.15) is 5.10 Å². The second-order valence-corrected chi connectivity index (χ2v) is 7.75. The highest BCUT2D eigenvalue weighted by Crippen LogP contribution is 2.44. The molecule has 0 aliphatic carbocycles. The maximum Gasteiger partial charge on any atom is 0.271 e. The van der Waals surface area contributed by atoms with Crippen molar-refractivity contribution in [3.05, 3.63) is 58.4 Å². The Bertz CT molecular complexity index is 848. The lowest BCUT2D eigenvalue weighted by Gasteiger charge is -2.45. The number of nitrogens with zero attached hydrogens (tertiary/aromatic N) is 3. The minimum absolute atomic E-state index is 0.0872. The minimum Gasteiger partial charge on any atom is -0.369 e. The molecule has 2 heterocycles. The van der Waals surface area contributed by atoms with E-state index in [0.717, 1.165) is 17.7 Å². The van der Waals surface area contributed by atoms with Gasteiger partial charge in [0.25, 0.3) is 5.91 Å². The van der Waals surface area contributed by atoms with E-state index in [1.165, 1.54) is 5.56 Å². The summed E-state index contributed by atoms with van der Waals surface area (Å²) >= 11 is 6.46. The summed E-state index contributed by atoms with van der Waals surface area (Å²) in [6.45, 7) is 6.71.